The Bertz CT molecular complexity index is 635. The van der Waals surface area contributed by atoms with Gasteiger partial charge in [0.25, 0.3) is 0 Å². The molecule has 0 amide bonds. The first-order valence-electron chi connectivity index (χ1n) is 6.50. The number of hydrogen-bond acceptors (Lipinski definition) is 2. The molecule has 0 saturated heterocycles. The molecule has 1 unspecified atom stereocenters. The third kappa shape index (κ3) is 2.50. The van der Waals surface area contributed by atoms with Gasteiger partial charge >= 0.3 is 0 Å². The number of nitrogens with zero attached hydrogens (tertiary/aromatic N) is 2. The first-order valence-corrected chi connectivity index (χ1v) is 6.91. The van der Waals surface area contributed by atoms with E-state index < -0.39 is 0 Å². The molecule has 2 aromatic rings. The zero-order valence-electron chi connectivity index (χ0n) is 12.2. The lowest BCUT2D eigenvalue weighted by molar-refractivity contribution is 0.563. The van der Waals surface area contributed by atoms with Gasteiger partial charge in [-0.05, 0) is 24.6 Å². The third-order valence-electron chi connectivity index (χ3n) is 3.37. The van der Waals surface area contributed by atoms with Crippen LogP contribution < -0.4 is 5.73 Å². The molecule has 4 heteroatoms. The Morgan fingerprint density at radius 2 is 2.05 bits per heavy atom. The molecule has 0 spiro atoms. The van der Waals surface area contributed by atoms with Gasteiger partial charge in [-0.25, -0.2) is 4.98 Å². The van der Waals surface area contributed by atoms with Crippen molar-refractivity contribution in [3.05, 3.63) is 35.3 Å². The molecule has 0 radical (unpaired) electrons. The molecule has 2 heterocycles. The Labute approximate surface area is 119 Å². The van der Waals surface area contributed by atoms with Crippen molar-refractivity contribution in [2.45, 2.75) is 46.0 Å². The number of aryl methyl sites for hydroxylation is 1. The van der Waals surface area contributed by atoms with Crippen LogP contribution in [0.1, 0.15) is 50.6 Å². The lowest BCUT2D eigenvalue weighted by Gasteiger charge is -2.20. The first-order chi connectivity index (χ1) is 8.71. The number of imidazole rings is 1. The molecule has 0 saturated carbocycles. The molecular formula is C15H21N3S. The second-order valence-corrected chi connectivity index (χ2v) is 6.62. The first kappa shape index (κ1) is 14.0. The zero-order valence-corrected chi connectivity index (χ0v) is 13.0. The monoisotopic (exact) mass is 275 g/mol. The lowest BCUT2D eigenvalue weighted by atomic mass is 9.87. The SMILES string of the molecule is Cc1ccn2c(C(C)C(N)=S)c(C(C)(C)C)nc2c1. The average molecular weight is 275 g/mol. The summed E-state index contributed by atoms with van der Waals surface area (Å²) in [5.41, 5.74) is 10.2. The molecule has 102 valence electrons. The maximum absolute atomic E-state index is 5.85. The van der Waals surface area contributed by atoms with Crippen LogP contribution in [0.5, 0.6) is 0 Å². The summed E-state index contributed by atoms with van der Waals surface area (Å²) in [6.45, 7) is 10.6. The summed E-state index contributed by atoms with van der Waals surface area (Å²) < 4.78 is 2.11. The van der Waals surface area contributed by atoms with Crippen molar-refractivity contribution in [3.8, 4) is 0 Å². The van der Waals surface area contributed by atoms with Gasteiger partial charge in [0.1, 0.15) is 5.65 Å². The van der Waals surface area contributed by atoms with Gasteiger partial charge in [-0.15, -0.1) is 0 Å². The summed E-state index contributed by atoms with van der Waals surface area (Å²) in [6.07, 6.45) is 2.05. The van der Waals surface area contributed by atoms with E-state index in [0.29, 0.717) is 4.99 Å². The number of rotatable bonds is 2. The average Bonchev–Trinajstić information content (AvgIpc) is 2.65. The highest BCUT2D eigenvalue weighted by atomic mass is 32.1. The van der Waals surface area contributed by atoms with Gasteiger partial charge in [0, 0.05) is 17.5 Å². The zero-order chi connectivity index (χ0) is 14.4. The van der Waals surface area contributed by atoms with E-state index in [1.54, 1.807) is 0 Å². The van der Waals surface area contributed by atoms with Gasteiger partial charge in [-0.1, -0.05) is 39.9 Å². The number of fused-ring (bicyclic) bond motifs is 1. The Hall–Kier alpha value is -1.42. The van der Waals surface area contributed by atoms with Crippen LogP contribution in [-0.4, -0.2) is 14.4 Å². The van der Waals surface area contributed by atoms with Crippen molar-refractivity contribution < 1.29 is 0 Å². The Morgan fingerprint density at radius 3 is 2.58 bits per heavy atom. The summed E-state index contributed by atoms with van der Waals surface area (Å²) >= 11 is 5.17. The normalized spacial score (nSPS) is 13.7. The molecule has 0 bridgehead atoms. The molecule has 2 rings (SSSR count). The van der Waals surface area contributed by atoms with Crippen LogP contribution in [0.3, 0.4) is 0 Å². The number of nitrogens with two attached hydrogens (primary N) is 1. The van der Waals surface area contributed by atoms with Crippen LogP contribution in [0.2, 0.25) is 0 Å². The minimum Gasteiger partial charge on any atom is -0.393 e. The van der Waals surface area contributed by atoms with Crippen molar-refractivity contribution in [1.29, 1.82) is 0 Å². The summed E-state index contributed by atoms with van der Waals surface area (Å²) in [4.78, 5) is 5.30. The minimum atomic E-state index is -0.0334. The van der Waals surface area contributed by atoms with Gasteiger partial charge < -0.3 is 10.1 Å². The van der Waals surface area contributed by atoms with E-state index in [-0.39, 0.29) is 11.3 Å². The van der Waals surface area contributed by atoms with E-state index in [4.69, 9.17) is 22.9 Å². The summed E-state index contributed by atoms with van der Waals surface area (Å²) in [6, 6.07) is 4.17. The van der Waals surface area contributed by atoms with Crippen LogP contribution in [0.15, 0.2) is 18.3 Å². The molecular weight excluding hydrogens is 254 g/mol. The number of pyridine rings is 1. The van der Waals surface area contributed by atoms with Gasteiger partial charge in [0.05, 0.1) is 16.4 Å². The smallest absolute Gasteiger partial charge is 0.137 e. The van der Waals surface area contributed by atoms with E-state index in [1.165, 1.54) is 5.56 Å². The molecule has 2 N–H and O–H groups in total. The van der Waals surface area contributed by atoms with Gasteiger partial charge in [0.2, 0.25) is 0 Å². The number of thiocarbonyl (C=S) groups is 1. The van der Waals surface area contributed by atoms with Crippen molar-refractivity contribution in [2.75, 3.05) is 0 Å². The minimum absolute atomic E-state index is 0.0157. The lowest BCUT2D eigenvalue weighted by Crippen LogP contribution is -2.23. The van der Waals surface area contributed by atoms with E-state index >= 15 is 0 Å². The van der Waals surface area contributed by atoms with E-state index in [0.717, 1.165) is 17.0 Å². The third-order valence-corrected chi connectivity index (χ3v) is 3.72. The Morgan fingerprint density at radius 1 is 1.42 bits per heavy atom. The molecule has 0 aromatic carbocycles. The topological polar surface area (TPSA) is 43.3 Å². The molecule has 0 aliphatic heterocycles. The fraction of sp³-hybridized carbons (Fsp3) is 0.467. The van der Waals surface area contributed by atoms with Gasteiger partial charge in [-0.2, -0.15) is 0 Å². The number of hydrogen-bond donors (Lipinski definition) is 1. The van der Waals surface area contributed by atoms with E-state index in [2.05, 4.69) is 50.4 Å². The fourth-order valence-electron chi connectivity index (χ4n) is 2.27. The molecule has 0 fully saturated rings. The second-order valence-electron chi connectivity index (χ2n) is 6.15. The maximum Gasteiger partial charge on any atom is 0.137 e. The second kappa shape index (κ2) is 4.60. The van der Waals surface area contributed by atoms with Crippen LogP contribution in [0.25, 0.3) is 5.65 Å². The molecule has 2 aromatic heterocycles. The van der Waals surface area contributed by atoms with E-state index in [9.17, 15) is 0 Å². The highest BCUT2D eigenvalue weighted by molar-refractivity contribution is 7.80. The van der Waals surface area contributed by atoms with E-state index in [1.807, 2.05) is 6.92 Å². The molecule has 3 nitrogen and oxygen atoms in total. The molecule has 19 heavy (non-hydrogen) atoms. The fourth-order valence-corrected chi connectivity index (χ4v) is 2.38. The van der Waals surface area contributed by atoms with Gasteiger partial charge in [-0.3, -0.25) is 0 Å². The largest absolute Gasteiger partial charge is 0.393 e. The highest BCUT2D eigenvalue weighted by Crippen LogP contribution is 2.31. The quantitative estimate of drug-likeness (QED) is 0.855. The van der Waals surface area contributed by atoms with Crippen molar-refractivity contribution in [2.24, 2.45) is 5.73 Å². The van der Waals surface area contributed by atoms with Crippen LogP contribution >= 0.6 is 12.2 Å². The van der Waals surface area contributed by atoms with Crippen LogP contribution in [0, 0.1) is 6.92 Å². The highest BCUT2D eigenvalue weighted by Gasteiger charge is 2.27. The molecule has 0 aliphatic rings. The summed E-state index contributed by atoms with van der Waals surface area (Å²) in [5.74, 6) is 0.0157. The summed E-state index contributed by atoms with van der Waals surface area (Å²) in [5, 5.41) is 0. The predicted molar refractivity (Wildman–Crippen MR) is 83.8 cm³/mol. The number of aromatic nitrogens is 2. The predicted octanol–water partition coefficient (Wildman–Crippen LogP) is 3.33. The molecule has 0 aliphatic carbocycles. The summed E-state index contributed by atoms with van der Waals surface area (Å²) in [7, 11) is 0. The van der Waals surface area contributed by atoms with Gasteiger partial charge in [0.15, 0.2) is 0 Å². The van der Waals surface area contributed by atoms with Crippen LogP contribution in [-0.2, 0) is 5.41 Å². The Kier molecular flexibility index (Phi) is 3.39. The maximum atomic E-state index is 5.85. The van der Waals surface area contributed by atoms with Crippen molar-refractivity contribution in [1.82, 2.24) is 9.38 Å². The standard InChI is InChI=1S/C15H21N3S/c1-9-6-7-18-11(8-9)17-13(15(3,4)5)12(18)10(2)14(16)19/h6-8,10H,1-5H3,(H2,16,19). The van der Waals surface area contributed by atoms with Crippen molar-refractivity contribution in [3.63, 3.8) is 0 Å². The molecule has 1 atom stereocenters. The van der Waals surface area contributed by atoms with Crippen molar-refractivity contribution >= 4 is 22.9 Å². The Balaban J connectivity index is 2.79. The van der Waals surface area contributed by atoms with Crippen LogP contribution in [0.4, 0.5) is 0 Å².